The number of amides is 2. The maximum atomic E-state index is 14.4. The van der Waals surface area contributed by atoms with Crippen LogP contribution >= 0.6 is 11.6 Å². The van der Waals surface area contributed by atoms with Gasteiger partial charge in [0, 0.05) is 24.5 Å². The molecule has 1 unspecified atom stereocenters. The number of unbranched alkanes of at least 4 members (excludes halogenated alkanes) is 1. The molecule has 4 aliphatic rings. The highest BCUT2D eigenvalue weighted by atomic mass is 35.5. The Morgan fingerprint density at radius 2 is 1.52 bits per heavy atom. The highest BCUT2D eigenvalue weighted by molar-refractivity contribution is 7.92. The molecule has 9 heteroatoms. The molecule has 7 nitrogen and oxygen atoms in total. The Balaban J connectivity index is 1.30. The molecule has 4 aliphatic carbocycles. The lowest BCUT2D eigenvalue weighted by Gasteiger charge is -2.57. The minimum atomic E-state index is -3.84. The summed E-state index contributed by atoms with van der Waals surface area (Å²) in [7, 11) is -3.84. The number of nitrogens with zero attached hydrogens (tertiary/aromatic N) is 2. The van der Waals surface area contributed by atoms with Crippen molar-refractivity contribution in [1.82, 2.24) is 10.2 Å². The van der Waals surface area contributed by atoms with Crippen molar-refractivity contribution in [3.8, 4) is 0 Å². The number of sulfonamides is 1. The first-order valence-corrected chi connectivity index (χ1v) is 19.7. The smallest absolute Gasteiger partial charge is 0.244 e. The predicted molar refractivity (Wildman–Crippen MR) is 192 cm³/mol. The van der Waals surface area contributed by atoms with Crippen LogP contribution in [-0.4, -0.2) is 50.5 Å². The molecule has 4 fully saturated rings. The first-order valence-electron chi connectivity index (χ1n) is 17.5. The van der Waals surface area contributed by atoms with Crippen LogP contribution in [0.4, 0.5) is 5.69 Å². The number of hydrogen-bond acceptors (Lipinski definition) is 4. The maximum Gasteiger partial charge on any atom is 0.244 e. The number of carbonyl (C=O) groups excluding carboxylic acids is 2. The summed E-state index contributed by atoms with van der Waals surface area (Å²) in [6, 6.07) is 23.8. The van der Waals surface area contributed by atoms with Gasteiger partial charge in [-0.2, -0.15) is 0 Å². The van der Waals surface area contributed by atoms with E-state index in [2.05, 4.69) is 24.4 Å². The fraction of sp³-hybridized carbons (Fsp3) is 0.487. The van der Waals surface area contributed by atoms with Crippen molar-refractivity contribution < 1.29 is 18.0 Å². The average Bonchev–Trinajstić information content (AvgIpc) is 3.04. The van der Waals surface area contributed by atoms with E-state index in [4.69, 9.17) is 11.6 Å². The number of nitrogens with one attached hydrogen (secondary N) is 1. The largest absolute Gasteiger partial charge is 0.354 e. The molecule has 2 amide bonds. The van der Waals surface area contributed by atoms with Crippen LogP contribution in [0.15, 0.2) is 78.9 Å². The van der Waals surface area contributed by atoms with Crippen molar-refractivity contribution in [3.05, 3.63) is 101 Å². The summed E-state index contributed by atoms with van der Waals surface area (Å²) >= 11 is 6.33. The Bertz CT molecular complexity index is 1660. The number of benzene rings is 3. The summed E-state index contributed by atoms with van der Waals surface area (Å²) in [5.74, 6) is 1.67. The molecule has 4 bridgehead atoms. The van der Waals surface area contributed by atoms with E-state index in [0.29, 0.717) is 17.3 Å². The average molecular weight is 690 g/mol. The molecule has 256 valence electrons. The number of rotatable bonds is 14. The van der Waals surface area contributed by atoms with Crippen LogP contribution in [0, 0.1) is 17.8 Å². The van der Waals surface area contributed by atoms with Gasteiger partial charge in [0.15, 0.2) is 0 Å². The third kappa shape index (κ3) is 7.92. The van der Waals surface area contributed by atoms with E-state index < -0.39 is 28.5 Å². The Labute approximate surface area is 291 Å². The van der Waals surface area contributed by atoms with Gasteiger partial charge in [-0.3, -0.25) is 13.9 Å². The Morgan fingerprint density at radius 3 is 2.10 bits per heavy atom. The van der Waals surface area contributed by atoms with Gasteiger partial charge in [-0.15, -0.1) is 0 Å². The lowest BCUT2D eigenvalue weighted by atomic mass is 9.48. The third-order valence-electron chi connectivity index (χ3n) is 10.8. The SMILES string of the molecule is CCCCNC(=O)C(Cc1ccccc1)N(Cc1cccc(Cl)c1)C(=O)CN(c1ccc(C23CC4CC(CC(C4)C2)C3)cc1)S(C)(=O)=O. The summed E-state index contributed by atoms with van der Waals surface area (Å²) in [4.78, 5) is 29.8. The Kier molecular flexibility index (Phi) is 10.5. The van der Waals surface area contributed by atoms with Crippen molar-refractivity contribution in [2.75, 3.05) is 23.7 Å². The van der Waals surface area contributed by atoms with Crippen molar-refractivity contribution in [2.45, 2.75) is 82.7 Å². The summed E-state index contributed by atoms with van der Waals surface area (Å²) in [6.45, 7) is 2.22. The first kappa shape index (κ1) is 34.5. The second kappa shape index (κ2) is 14.6. The lowest BCUT2D eigenvalue weighted by molar-refractivity contribution is -0.140. The van der Waals surface area contributed by atoms with Crippen molar-refractivity contribution in [1.29, 1.82) is 0 Å². The minimum absolute atomic E-state index is 0.0979. The molecule has 3 aromatic carbocycles. The molecule has 0 heterocycles. The molecule has 1 atom stereocenters. The van der Waals surface area contributed by atoms with E-state index in [9.17, 15) is 18.0 Å². The van der Waals surface area contributed by atoms with E-state index in [1.54, 1.807) is 12.1 Å². The normalized spacial score (nSPS) is 23.4. The van der Waals surface area contributed by atoms with E-state index in [1.807, 2.05) is 54.6 Å². The van der Waals surface area contributed by atoms with Crippen LogP contribution in [0.5, 0.6) is 0 Å². The van der Waals surface area contributed by atoms with Gasteiger partial charge in [-0.1, -0.05) is 79.5 Å². The fourth-order valence-corrected chi connectivity index (χ4v) is 10.0. The summed E-state index contributed by atoms with van der Waals surface area (Å²) < 4.78 is 27.8. The Hall–Kier alpha value is -3.36. The predicted octanol–water partition coefficient (Wildman–Crippen LogP) is 7.13. The van der Waals surface area contributed by atoms with E-state index >= 15 is 0 Å². The van der Waals surface area contributed by atoms with E-state index in [-0.39, 0.29) is 24.3 Å². The number of halogens is 1. The molecule has 0 aromatic heterocycles. The van der Waals surface area contributed by atoms with Crippen molar-refractivity contribution >= 4 is 39.1 Å². The van der Waals surface area contributed by atoms with Crippen LogP contribution < -0.4 is 9.62 Å². The van der Waals surface area contributed by atoms with Gasteiger partial charge in [0.2, 0.25) is 21.8 Å². The topological polar surface area (TPSA) is 86.8 Å². The summed E-state index contributed by atoms with van der Waals surface area (Å²) in [6.07, 6.45) is 10.9. The molecular formula is C39H48ClN3O4S. The monoisotopic (exact) mass is 689 g/mol. The second-order valence-corrected chi connectivity index (χ2v) is 16.9. The molecular weight excluding hydrogens is 642 g/mol. The lowest BCUT2D eigenvalue weighted by Crippen LogP contribution is -2.53. The Morgan fingerprint density at radius 1 is 0.896 bits per heavy atom. The molecule has 7 rings (SSSR count). The number of hydrogen-bond donors (Lipinski definition) is 1. The van der Waals surface area contributed by atoms with Crippen LogP contribution in [0.1, 0.15) is 75.0 Å². The van der Waals surface area contributed by atoms with Gasteiger partial charge in [-0.25, -0.2) is 8.42 Å². The van der Waals surface area contributed by atoms with Gasteiger partial charge >= 0.3 is 0 Å². The summed E-state index contributed by atoms with van der Waals surface area (Å²) in [5, 5.41) is 3.54. The van der Waals surface area contributed by atoms with Crippen molar-refractivity contribution in [3.63, 3.8) is 0 Å². The molecule has 0 radical (unpaired) electrons. The third-order valence-corrected chi connectivity index (χ3v) is 12.2. The van der Waals surface area contributed by atoms with Gasteiger partial charge in [0.25, 0.3) is 0 Å². The minimum Gasteiger partial charge on any atom is -0.354 e. The number of anilines is 1. The van der Waals surface area contributed by atoms with Crippen LogP contribution in [0.3, 0.4) is 0 Å². The highest BCUT2D eigenvalue weighted by Gasteiger charge is 2.51. The highest BCUT2D eigenvalue weighted by Crippen LogP contribution is 2.60. The van der Waals surface area contributed by atoms with Crippen molar-refractivity contribution in [2.24, 2.45) is 17.8 Å². The zero-order chi connectivity index (χ0) is 33.9. The molecule has 4 saturated carbocycles. The van der Waals surface area contributed by atoms with Gasteiger partial charge in [0.1, 0.15) is 12.6 Å². The summed E-state index contributed by atoms with van der Waals surface area (Å²) in [5.41, 5.74) is 3.58. The van der Waals surface area contributed by atoms with Gasteiger partial charge in [-0.05, 0) is 109 Å². The van der Waals surface area contributed by atoms with Gasteiger partial charge in [0.05, 0.1) is 11.9 Å². The molecule has 1 N–H and O–H groups in total. The number of carbonyl (C=O) groups is 2. The fourth-order valence-electron chi connectivity index (χ4n) is 8.95. The van der Waals surface area contributed by atoms with Crippen LogP contribution in [0.25, 0.3) is 0 Å². The van der Waals surface area contributed by atoms with E-state index in [1.165, 1.54) is 53.3 Å². The molecule has 0 spiro atoms. The molecule has 0 saturated heterocycles. The zero-order valence-corrected chi connectivity index (χ0v) is 29.7. The molecule has 0 aliphatic heterocycles. The second-order valence-electron chi connectivity index (χ2n) is 14.5. The van der Waals surface area contributed by atoms with Crippen LogP contribution in [0.2, 0.25) is 5.02 Å². The standard InChI is InChI=1S/C39H48ClN3O4S/c1-3-4-17-41-38(45)36(22-28-9-6-5-7-10-28)42(26-29-11-8-12-34(40)21-29)37(44)27-43(48(2,46)47)35-15-13-33(14-16-35)39-23-30-18-31(24-39)20-32(19-30)25-39/h5-16,21,30-32,36H,3-4,17-20,22-27H2,1-2H3,(H,41,45). The molecule has 48 heavy (non-hydrogen) atoms. The molecule has 3 aromatic rings. The zero-order valence-electron chi connectivity index (χ0n) is 28.1. The quantitative estimate of drug-likeness (QED) is 0.183. The first-order chi connectivity index (χ1) is 23.0. The van der Waals surface area contributed by atoms with Gasteiger partial charge < -0.3 is 10.2 Å². The van der Waals surface area contributed by atoms with Crippen LogP contribution in [-0.2, 0) is 38.0 Å². The maximum absolute atomic E-state index is 14.4. The van der Waals surface area contributed by atoms with E-state index in [0.717, 1.165) is 48.0 Å².